The summed E-state index contributed by atoms with van der Waals surface area (Å²) in [6.07, 6.45) is 3.81. The van der Waals surface area contributed by atoms with Crippen LogP contribution in [0.15, 0.2) is 60.8 Å². The Hall–Kier alpha value is -3.39. The highest BCUT2D eigenvalue weighted by Gasteiger charge is 2.62. The van der Waals surface area contributed by atoms with Crippen LogP contribution in [0, 0.1) is 23.2 Å². The Labute approximate surface area is 157 Å². The van der Waals surface area contributed by atoms with Crippen molar-refractivity contribution >= 4 is 17.9 Å². The summed E-state index contributed by atoms with van der Waals surface area (Å²) in [6.45, 7) is 0.258. The standard InChI is InChI=1S/C22H17N3O2/c23-12-17-18-19(20-16-9-5-4-8-15(16)10-11-24(17)20)22(27)25(21(18)26)13-14-6-2-1-3-7-14/h1-11,17-20H,13H2/t17-,18+,19-,20-/m1/s1. The maximum atomic E-state index is 13.3. The lowest BCUT2D eigenvalue weighted by molar-refractivity contribution is -0.141. The number of likely N-dealkylation sites (tertiary alicyclic amines) is 1. The molecule has 3 heterocycles. The summed E-state index contributed by atoms with van der Waals surface area (Å²) in [5, 5.41) is 9.77. The van der Waals surface area contributed by atoms with E-state index in [0.717, 1.165) is 16.7 Å². The van der Waals surface area contributed by atoms with Crippen molar-refractivity contribution in [3.8, 4) is 6.07 Å². The van der Waals surface area contributed by atoms with Crippen LogP contribution in [0.3, 0.4) is 0 Å². The van der Waals surface area contributed by atoms with Gasteiger partial charge in [0, 0.05) is 6.20 Å². The lowest BCUT2D eigenvalue weighted by Crippen LogP contribution is -2.39. The van der Waals surface area contributed by atoms with E-state index >= 15 is 0 Å². The molecule has 27 heavy (non-hydrogen) atoms. The lowest BCUT2D eigenvalue weighted by Gasteiger charge is -2.33. The van der Waals surface area contributed by atoms with Crippen molar-refractivity contribution < 1.29 is 9.59 Å². The molecule has 5 rings (SSSR count). The molecule has 0 bridgehead atoms. The summed E-state index contributed by atoms with van der Waals surface area (Å²) in [4.78, 5) is 29.6. The van der Waals surface area contributed by atoms with E-state index in [2.05, 4.69) is 6.07 Å². The molecule has 2 fully saturated rings. The van der Waals surface area contributed by atoms with E-state index in [1.54, 1.807) is 0 Å². The van der Waals surface area contributed by atoms with Gasteiger partial charge in [0.05, 0.1) is 30.5 Å². The smallest absolute Gasteiger partial charge is 0.236 e. The van der Waals surface area contributed by atoms with E-state index < -0.39 is 17.9 Å². The van der Waals surface area contributed by atoms with Crippen LogP contribution in [0.2, 0.25) is 0 Å². The van der Waals surface area contributed by atoms with Crippen LogP contribution < -0.4 is 0 Å². The Morgan fingerprint density at radius 2 is 1.63 bits per heavy atom. The van der Waals surface area contributed by atoms with E-state index in [1.807, 2.05) is 71.8 Å². The van der Waals surface area contributed by atoms with Gasteiger partial charge in [-0.15, -0.1) is 0 Å². The highest BCUT2D eigenvalue weighted by molar-refractivity contribution is 6.06. The van der Waals surface area contributed by atoms with Crippen molar-refractivity contribution in [2.45, 2.75) is 18.6 Å². The number of nitriles is 1. The van der Waals surface area contributed by atoms with Crippen LogP contribution >= 0.6 is 0 Å². The highest BCUT2D eigenvalue weighted by atomic mass is 16.2. The molecule has 2 aromatic rings. The molecule has 5 nitrogen and oxygen atoms in total. The first kappa shape index (κ1) is 15.8. The van der Waals surface area contributed by atoms with Crippen LogP contribution in [-0.4, -0.2) is 27.7 Å². The van der Waals surface area contributed by atoms with E-state index in [4.69, 9.17) is 0 Å². The van der Waals surface area contributed by atoms with Crippen LogP contribution in [-0.2, 0) is 16.1 Å². The number of benzene rings is 2. The number of fused-ring (bicyclic) bond motifs is 5. The van der Waals surface area contributed by atoms with Crippen LogP contribution in [0.4, 0.5) is 0 Å². The Balaban J connectivity index is 1.56. The minimum absolute atomic E-state index is 0.174. The first-order chi connectivity index (χ1) is 13.2. The minimum atomic E-state index is -0.623. The van der Waals surface area contributed by atoms with E-state index in [1.165, 1.54) is 4.90 Å². The number of hydrogen-bond acceptors (Lipinski definition) is 4. The highest BCUT2D eigenvalue weighted by Crippen LogP contribution is 2.52. The number of amides is 2. The van der Waals surface area contributed by atoms with Gasteiger partial charge in [-0.25, -0.2) is 0 Å². The Kier molecular flexibility index (Phi) is 3.41. The molecule has 2 saturated heterocycles. The van der Waals surface area contributed by atoms with Crippen molar-refractivity contribution in [2.75, 3.05) is 0 Å². The van der Waals surface area contributed by atoms with Gasteiger partial charge < -0.3 is 4.90 Å². The van der Waals surface area contributed by atoms with Gasteiger partial charge in [-0.1, -0.05) is 54.6 Å². The first-order valence-corrected chi connectivity index (χ1v) is 9.04. The maximum absolute atomic E-state index is 13.3. The van der Waals surface area contributed by atoms with Gasteiger partial charge in [-0.3, -0.25) is 14.5 Å². The third kappa shape index (κ3) is 2.16. The van der Waals surface area contributed by atoms with Gasteiger partial charge in [0.1, 0.15) is 6.04 Å². The van der Waals surface area contributed by atoms with Crippen LogP contribution in [0.5, 0.6) is 0 Å². The Morgan fingerprint density at radius 3 is 2.41 bits per heavy atom. The van der Waals surface area contributed by atoms with Crippen molar-refractivity contribution in [3.63, 3.8) is 0 Å². The van der Waals surface area contributed by atoms with Gasteiger partial charge in [0.25, 0.3) is 0 Å². The molecule has 132 valence electrons. The largest absolute Gasteiger partial charge is 0.353 e. The summed E-state index contributed by atoms with van der Waals surface area (Å²) in [5.74, 6) is -1.55. The molecule has 0 aliphatic carbocycles. The molecule has 3 aliphatic rings. The Morgan fingerprint density at radius 1 is 0.926 bits per heavy atom. The van der Waals surface area contributed by atoms with Gasteiger partial charge in [-0.2, -0.15) is 5.26 Å². The second-order valence-electron chi connectivity index (χ2n) is 7.21. The zero-order valence-corrected chi connectivity index (χ0v) is 14.5. The summed E-state index contributed by atoms with van der Waals surface area (Å²) >= 11 is 0. The van der Waals surface area contributed by atoms with Crippen molar-refractivity contribution in [1.29, 1.82) is 5.26 Å². The fraction of sp³-hybridized carbons (Fsp3) is 0.227. The second kappa shape index (κ2) is 5.82. The van der Waals surface area contributed by atoms with Crippen LogP contribution in [0.25, 0.3) is 6.08 Å². The molecule has 0 unspecified atom stereocenters. The monoisotopic (exact) mass is 355 g/mol. The van der Waals surface area contributed by atoms with Gasteiger partial charge in [-0.05, 0) is 22.8 Å². The van der Waals surface area contributed by atoms with Crippen molar-refractivity contribution in [2.24, 2.45) is 11.8 Å². The molecule has 0 saturated carbocycles. The molecule has 2 aromatic carbocycles. The lowest BCUT2D eigenvalue weighted by atomic mass is 9.85. The zero-order chi connectivity index (χ0) is 18.5. The molecule has 0 aromatic heterocycles. The fourth-order valence-electron chi connectivity index (χ4n) is 4.69. The van der Waals surface area contributed by atoms with E-state index in [-0.39, 0.29) is 24.4 Å². The predicted octanol–water partition coefficient (Wildman–Crippen LogP) is 2.72. The summed E-state index contributed by atoms with van der Waals surface area (Å²) in [6, 6.07) is 18.8. The third-order valence-corrected chi connectivity index (χ3v) is 5.87. The molecule has 3 aliphatic heterocycles. The summed E-state index contributed by atoms with van der Waals surface area (Å²) in [7, 11) is 0. The minimum Gasteiger partial charge on any atom is -0.353 e. The predicted molar refractivity (Wildman–Crippen MR) is 98.4 cm³/mol. The SMILES string of the molecule is N#C[C@@H]1[C@@H]2C(=O)N(Cc3ccccc3)C(=O)[C@H]2[C@H]2c3ccccc3C=CN12. The molecule has 4 atom stereocenters. The molecule has 0 N–H and O–H groups in total. The number of carbonyl (C=O) groups is 2. The number of carbonyl (C=O) groups excluding carboxylic acids is 2. The molecule has 0 radical (unpaired) electrons. The molecule has 0 spiro atoms. The average molecular weight is 355 g/mol. The maximum Gasteiger partial charge on any atom is 0.236 e. The van der Waals surface area contributed by atoms with E-state index in [9.17, 15) is 14.9 Å². The quantitative estimate of drug-likeness (QED) is 0.777. The van der Waals surface area contributed by atoms with Crippen LogP contribution in [0.1, 0.15) is 22.7 Å². The molecule has 2 amide bonds. The number of rotatable bonds is 2. The average Bonchev–Trinajstić information content (AvgIpc) is 3.17. The summed E-state index contributed by atoms with van der Waals surface area (Å²) in [5.41, 5.74) is 2.96. The number of imide groups is 1. The summed E-state index contributed by atoms with van der Waals surface area (Å²) < 4.78 is 0. The van der Waals surface area contributed by atoms with Crippen molar-refractivity contribution in [1.82, 2.24) is 9.80 Å². The first-order valence-electron chi connectivity index (χ1n) is 9.04. The normalized spacial score (nSPS) is 28.0. The number of hydrogen-bond donors (Lipinski definition) is 0. The van der Waals surface area contributed by atoms with Gasteiger partial charge >= 0.3 is 0 Å². The van der Waals surface area contributed by atoms with Gasteiger partial charge in [0.15, 0.2) is 0 Å². The second-order valence-corrected chi connectivity index (χ2v) is 7.21. The molecular weight excluding hydrogens is 338 g/mol. The molecule has 5 heteroatoms. The zero-order valence-electron chi connectivity index (χ0n) is 14.5. The fourth-order valence-corrected chi connectivity index (χ4v) is 4.69. The Bertz CT molecular complexity index is 1010. The van der Waals surface area contributed by atoms with Crippen molar-refractivity contribution in [3.05, 3.63) is 77.5 Å². The molecular formula is C22H17N3O2. The third-order valence-electron chi connectivity index (χ3n) is 5.87. The topological polar surface area (TPSA) is 64.4 Å². The van der Waals surface area contributed by atoms with E-state index in [0.29, 0.717) is 0 Å². The number of nitrogens with zero attached hydrogens (tertiary/aromatic N) is 3. The van der Waals surface area contributed by atoms with Gasteiger partial charge in [0.2, 0.25) is 11.8 Å².